The highest BCUT2D eigenvalue weighted by Crippen LogP contribution is 2.23. The van der Waals surface area contributed by atoms with Crippen LogP contribution < -0.4 is 10.5 Å². The number of fused-ring (bicyclic) bond motifs is 1. The first-order valence-electron chi connectivity index (χ1n) is 4.52. The van der Waals surface area contributed by atoms with Crippen LogP contribution in [0.15, 0.2) is 27.4 Å². The molecule has 0 atom stereocenters. The molecule has 1 N–H and O–H groups in total. The number of carboxylic acids is 1. The van der Waals surface area contributed by atoms with Gasteiger partial charge in [0.25, 0.3) is 0 Å². The van der Waals surface area contributed by atoms with Crippen LogP contribution in [0.1, 0.15) is 0 Å². The molecule has 0 unspecified atom stereocenters. The van der Waals surface area contributed by atoms with Crippen LogP contribution in [-0.2, 0) is 11.8 Å². The van der Waals surface area contributed by atoms with Crippen molar-refractivity contribution in [1.29, 1.82) is 0 Å². The molecule has 0 bridgehead atoms. The third kappa shape index (κ3) is 1.65. The van der Waals surface area contributed by atoms with Crippen LogP contribution in [0.25, 0.3) is 11.1 Å². The van der Waals surface area contributed by atoms with Crippen molar-refractivity contribution in [3.8, 4) is 5.75 Å². The van der Waals surface area contributed by atoms with Crippen molar-refractivity contribution in [2.75, 3.05) is 6.61 Å². The zero-order valence-corrected chi connectivity index (χ0v) is 8.47. The lowest BCUT2D eigenvalue weighted by Gasteiger charge is -2.02. The minimum Gasteiger partial charge on any atom is -0.479 e. The van der Waals surface area contributed by atoms with Crippen molar-refractivity contribution < 1.29 is 19.1 Å². The van der Waals surface area contributed by atoms with Crippen molar-refractivity contribution >= 4 is 17.1 Å². The van der Waals surface area contributed by atoms with Crippen LogP contribution in [0.3, 0.4) is 0 Å². The predicted molar refractivity (Wildman–Crippen MR) is 54.6 cm³/mol. The zero-order chi connectivity index (χ0) is 11.7. The van der Waals surface area contributed by atoms with Crippen LogP contribution in [0.5, 0.6) is 5.75 Å². The number of carboxylic acid groups (broad SMARTS) is 1. The molecule has 16 heavy (non-hydrogen) atoms. The fourth-order valence-electron chi connectivity index (χ4n) is 1.38. The maximum Gasteiger partial charge on any atom is 0.419 e. The Morgan fingerprint density at radius 3 is 3.00 bits per heavy atom. The van der Waals surface area contributed by atoms with E-state index < -0.39 is 18.3 Å². The summed E-state index contributed by atoms with van der Waals surface area (Å²) in [6.45, 7) is -0.474. The summed E-state index contributed by atoms with van der Waals surface area (Å²) >= 11 is 0. The van der Waals surface area contributed by atoms with E-state index in [9.17, 15) is 9.59 Å². The number of nitrogens with zero attached hydrogens (tertiary/aromatic N) is 1. The number of rotatable bonds is 3. The number of ether oxygens (including phenoxy) is 1. The first kappa shape index (κ1) is 10.3. The van der Waals surface area contributed by atoms with Gasteiger partial charge in [-0.3, -0.25) is 4.57 Å². The van der Waals surface area contributed by atoms with Gasteiger partial charge in [-0.15, -0.1) is 0 Å². The zero-order valence-electron chi connectivity index (χ0n) is 8.47. The van der Waals surface area contributed by atoms with Crippen LogP contribution in [-0.4, -0.2) is 22.2 Å². The van der Waals surface area contributed by atoms with Crippen molar-refractivity contribution in [2.24, 2.45) is 7.05 Å². The summed E-state index contributed by atoms with van der Waals surface area (Å²) in [5.41, 5.74) is 0.823. The number of carbonyl (C=O) groups is 1. The summed E-state index contributed by atoms with van der Waals surface area (Å²) in [7, 11) is 1.56. The Hall–Kier alpha value is -2.24. The van der Waals surface area contributed by atoms with Crippen molar-refractivity contribution in [2.45, 2.75) is 0 Å². The fraction of sp³-hybridized carbons (Fsp3) is 0.200. The van der Waals surface area contributed by atoms with Crippen LogP contribution >= 0.6 is 0 Å². The van der Waals surface area contributed by atoms with Gasteiger partial charge in [0, 0.05) is 7.05 Å². The van der Waals surface area contributed by atoms with E-state index in [4.69, 9.17) is 14.3 Å². The molecule has 0 amide bonds. The van der Waals surface area contributed by atoms with Crippen LogP contribution in [0, 0.1) is 0 Å². The molecule has 2 rings (SSSR count). The number of aliphatic carboxylic acids is 1. The number of aryl methyl sites for hydroxylation is 1. The Kier molecular flexibility index (Phi) is 2.40. The minimum atomic E-state index is -1.09. The molecule has 1 aromatic heterocycles. The van der Waals surface area contributed by atoms with Gasteiger partial charge in [0.2, 0.25) is 0 Å². The van der Waals surface area contributed by atoms with E-state index in [0.29, 0.717) is 5.52 Å². The standard InChI is InChI=1S/C10H9NO5/c1-11-6-3-2-4-7(15-5-8(12)13)9(6)16-10(11)14/h2-4H,5H2,1H3,(H,12,13). The summed E-state index contributed by atoms with van der Waals surface area (Å²) in [5, 5.41) is 8.48. The first-order valence-corrected chi connectivity index (χ1v) is 4.52. The average molecular weight is 223 g/mol. The predicted octanol–water partition coefficient (Wildman–Crippen LogP) is 0.595. The number of para-hydroxylation sites is 1. The molecule has 0 saturated carbocycles. The highest BCUT2D eigenvalue weighted by molar-refractivity contribution is 5.80. The van der Waals surface area contributed by atoms with Gasteiger partial charge in [-0.25, -0.2) is 9.59 Å². The molecule has 0 aliphatic rings. The van der Waals surface area contributed by atoms with Gasteiger partial charge in [0.15, 0.2) is 17.9 Å². The van der Waals surface area contributed by atoms with Crippen molar-refractivity contribution in [3.63, 3.8) is 0 Å². The van der Waals surface area contributed by atoms with Gasteiger partial charge in [-0.2, -0.15) is 0 Å². The molecule has 2 aromatic rings. The largest absolute Gasteiger partial charge is 0.479 e. The average Bonchev–Trinajstić information content (AvgIpc) is 2.53. The molecule has 6 heteroatoms. The number of hydrogen-bond donors (Lipinski definition) is 1. The Labute approximate surface area is 89.7 Å². The molecule has 6 nitrogen and oxygen atoms in total. The summed E-state index contributed by atoms with van der Waals surface area (Å²) < 4.78 is 11.3. The highest BCUT2D eigenvalue weighted by Gasteiger charge is 2.11. The van der Waals surface area contributed by atoms with Gasteiger partial charge in [-0.1, -0.05) is 6.07 Å². The van der Waals surface area contributed by atoms with E-state index in [-0.39, 0.29) is 11.3 Å². The molecule has 84 valence electrons. The van der Waals surface area contributed by atoms with E-state index in [1.807, 2.05) is 0 Å². The number of oxazole rings is 1. The maximum atomic E-state index is 11.3. The fourth-order valence-corrected chi connectivity index (χ4v) is 1.38. The Balaban J connectivity index is 2.50. The summed E-state index contributed by atoms with van der Waals surface area (Å²) in [6.07, 6.45) is 0. The topological polar surface area (TPSA) is 81.7 Å². The monoisotopic (exact) mass is 223 g/mol. The molecular weight excluding hydrogens is 214 g/mol. The number of hydrogen-bond acceptors (Lipinski definition) is 4. The third-order valence-corrected chi connectivity index (χ3v) is 2.13. The second-order valence-corrected chi connectivity index (χ2v) is 3.21. The maximum absolute atomic E-state index is 11.3. The molecule has 0 spiro atoms. The van der Waals surface area contributed by atoms with E-state index >= 15 is 0 Å². The summed E-state index contributed by atoms with van der Waals surface area (Å²) in [5.74, 6) is -1.35. The molecule has 0 radical (unpaired) electrons. The minimum absolute atomic E-state index is 0.248. The number of aromatic nitrogens is 1. The molecule has 0 saturated heterocycles. The van der Waals surface area contributed by atoms with Crippen molar-refractivity contribution in [3.05, 3.63) is 28.7 Å². The van der Waals surface area contributed by atoms with Gasteiger partial charge in [-0.05, 0) is 12.1 Å². The van der Waals surface area contributed by atoms with E-state index in [2.05, 4.69) is 0 Å². The van der Waals surface area contributed by atoms with Gasteiger partial charge in [0.1, 0.15) is 0 Å². The Morgan fingerprint density at radius 2 is 2.31 bits per heavy atom. The second kappa shape index (κ2) is 3.73. The third-order valence-electron chi connectivity index (χ3n) is 2.13. The SMILES string of the molecule is Cn1c(=O)oc2c(OCC(=O)O)cccc21. The highest BCUT2D eigenvalue weighted by atomic mass is 16.5. The summed E-state index contributed by atoms with van der Waals surface area (Å²) in [4.78, 5) is 21.6. The lowest BCUT2D eigenvalue weighted by atomic mass is 10.3. The molecule has 0 aliphatic carbocycles. The van der Waals surface area contributed by atoms with Gasteiger partial charge in [0.05, 0.1) is 5.52 Å². The first-order chi connectivity index (χ1) is 7.59. The normalized spacial score (nSPS) is 10.6. The lowest BCUT2D eigenvalue weighted by molar-refractivity contribution is -0.139. The Morgan fingerprint density at radius 1 is 1.56 bits per heavy atom. The summed E-state index contributed by atoms with van der Waals surface area (Å²) in [6, 6.07) is 4.90. The van der Waals surface area contributed by atoms with Crippen LogP contribution in [0.4, 0.5) is 0 Å². The molecular formula is C10H9NO5. The smallest absolute Gasteiger partial charge is 0.419 e. The van der Waals surface area contributed by atoms with Crippen LogP contribution in [0.2, 0.25) is 0 Å². The van der Waals surface area contributed by atoms with Gasteiger partial charge < -0.3 is 14.3 Å². The van der Waals surface area contributed by atoms with E-state index in [1.165, 1.54) is 4.57 Å². The second-order valence-electron chi connectivity index (χ2n) is 3.21. The lowest BCUT2D eigenvalue weighted by Crippen LogP contribution is -2.09. The van der Waals surface area contributed by atoms with E-state index in [1.54, 1.807) is 25.2 Å². The molecule has 1 heterocycles. The quantitative estimate of drug-likeness (QED) is 0.823. The molecule has 0 fully saturated rings. The van der Waals surface area contributed by atoms with E-state index in [0.717, 1.165) is 0 Å². The van der Waals surface area contributed by atoms with Crippen molar-refractivity contribution in [1.82, 2.24) is 4.57 Å². The van der Waals surface area contributed by atoms with Gasteiger partial charge >= 0.3 is 11.7 Å². The molecule has 0 aliphatic heterocycles. The molecule has 1 aromatic carbocycles. The number of benzene rings is 1. The Bertz CT molecular complexity index is 595.